The standard InChI is InChI=1S/C19H18FN5O2S/c1-11(18(27)22-13-9-7-12(8-10-13)16(21)26)28-19-24-23-17(25(19)2)14-5-3-4-6-15(14)20/h3-11H,1-2H3,(H2,21,26)(H,22,27). The van der Waals surface area contributed by atoms with Gasteiger partial charge in [-0.15, -0.1) is 10.2 Å². The number of halogens is 1. The van der Waals surface area contributed by atoms with Gasteiger partial charge in [0.15, 0.2) is 11.0 Å². The van der Waals surface area contributed by atoms with Gasteiger partial charge in [0, 0.05) is 18.3 Å². The number of hydrogen-bond acceptors (Lipinski definition) is 5. The molecule has 144 valence electrons. The van der Waals surface area contributed by atoms with Gasteiger partial charge in [-0.05, 0) is 43.3 Å². The van der Waals surface area contributed by atoms with Crippen molar-refractivity contribution in [2.75, 3.05) is 5.32 Å². The zero-order valence-electron chi connectivity index (χ0n) is 15.2. The molecule has 3 N–H and O–H groups in total. The van der Waals surface area contributed by atoms with E-state index in [9.17, 15) is 14.0 Å². The number of aromatic nitrogens is 3. The fourth-order valence-electron chi connectivity index (χ4n) is 2.47. The van der Waals surface area contributed by atoms with Crippen LogP contribution in [0.5, 0.6) is 0 Å². The van der Waals surface area contributed by atoms with E-state index < -0.39 is 11.2 Å². The van der Waals surface area contributed by atoms with Crippen LogP contribution in [0.3, 0.4) is 0 Å². The van der Waals surface area contributed by atoms with Crippen molar-refractivity contribution < 1.29 is 14.0 Å². The van der Waals surface area contributed by atoms with Crippen LogP contribution in [0.15, 0.2) is 53.7 Å². The molecule has 0 spiro atoms. The molecule has 1 aromatic heterocycles. The first kappa shape index (κ1) is 19.6. The lowest BCUT2D eigenvalue weighted by Crippen LogP contribution is -2.23. The minimum Gasteiger partial charge on any atom is -0.366 e. The van der Waals surface area contributed by atoms with Crippen LogP contribution in [0.4, 0.5) is 10.1 Å². The summed E-state index contributed by atoms with van der Waals surface area (Å²) in [5.74, 6) is -0.781. The molecule has 0 bridgehead atoms. The molecule has 28 heavy (non-hydrogen) atoms. The third-order valence-corrected chi connectivity index (χ3v) is 5.17. The average molecular weight is 399 g/mol. The van der Waals surface area contributed by atoms with Crippen LogP contribution in [-0.2, 0) is 11.8 Å². The van der Waals surface area contributed by atoms with Gasteiger partial charge in [-0.3, -0.25) is 9.59 Å². The van der Waals surface area contributed by atoms with Crippen molar-refractivity contribution in [3.8, 4) is 11.4 Å². The van der Waals surface area contributed by atoms with Gasteiger partial charge in [-0.1, -0.05) is 23.9 Å². The Hall–Kier alpha value is -3.20. The van der Waals surface area contributed by atoms with Crippen molar-refractivity contribution in [3.05, 3.63) is 59.9 Å². The minimum atomic E-state index is -0.533. The number of carbonyl (C=O) groups excluding carboxylic acids is 2. The molecule has 3 aromatic rings. The second-order valence-electron chi connectivity index (χ2n) is 6.04. The Balaban J connectivity index is 1.69. The van der Waals surface area contributed by atoms with Crippen molar-refractivity contribution >= 4 is 29.3 Å². The van der Waals surface area contributed by atoms with E-state index in [0.717, 1.165) is 0 Å². The maximum Gasteiger partial charge on any atom is 0.248 e. The number of nitrogens with one attached hydrogen (secondary N) is 1. The van der Waals surface area contributed by atoms with Crippen LogP contribution in [0.2, 0.25) is 0 Å². The van der Waals surface area contributed by atoms with Gasteiger partial charge in [-0.2, -0.15) is 0 Å². The molecule has 3 rings (SSSR count). The molecule has 0 fully saturated rings. The van der Waals surface area contributed by atoms with E-state index in [-0.39, 0.29) is 11.7 Å². The van der Waals surface area contributed by atoms with Crippen molar-refractivity contribution in [2.24, 2.45) is 12.8 Å². The van der Waals surface area contributed by atoms with Crippen molar-refractivity contribution in [1.29, 1.82) is 0 Å². The second kappa shape index (κ2) is 8.22. The van der Waals surface area contributed by atoms with Crippen LogP contribution >= 0.6 is 11.8 Å². The zero-order valence-corrected chi connectivity index (χ0v) is 16.0. The molecule has 0 saturated carbocycles. The van der Waals surface area contributed by atoms with Gasteiger partial charge in [0.05, 0.1) is 10.8 Å². The molecular weight excluding hydrogens is 381 g/mol. The Morgan fingerprint density at radius 2 is 1.82 bits per heavy atom. The number of thioether (sulfide) groups is 1. The third-order valence-electron chi connectivity index (χ3n) is 4.04. The lowest BCUT2D eigenvalue weighted by atomic mass is 10.2. The summed E-state index contributed by atoms with van der Waals surface area (Å²) in [7, 11) is 1.72. The molecule has 0 radical (unpaired) electrons. The lowest BCUT2D eigenvalue weighted by Gasteiger charge is -2.12. The maximum atomic E-state index is 14.0. The first-order valence-corrected chi connectivity index (χ1v) is 9.26. The number of anilines is 1. The number of nitrogens with two attached hydrogens (primary N) is 1. The van der Waals surface area contributed by atoms with E-state index in [4.69, 9.17) is 5.73 Å². The largest absolute Gasteiger partial charge is 0.366 e. The van der Waals surface area contributed by atoms with Gasteiger partial charge in [0.2, 0.25) is 11.8 Å². The summed E-state index contributed by atoms with van der Waals surface area (Å²) >= 11 is 1.21. The SMILES string of the molecule is CC(Sc1nnc(-c2ccccc2F)n1C)C(=O)Nc1ccc(C(N)=O)cc1. The smallest absolute Gasteiger partial charge is 0.248 e. The summed E-state index contributed by atoms with van der Waals surface area (Å²) in [6.45, 7) is 1.73. The topological polar surface area (TPSA) is 103 Å². The van der Waals surface area contributed by atoms with Crippen molar-refractivity contribution in [1.82, 2.24) is 14.8 Å². The van der Waals surface area contributed by atoms with E-state index in [1.165, 1.54) is 17.8 Å². The Morgan fingerprint density at radius 1 is 1.14 bits per heavy atom. The summed E-state index contributed by atoms with van der Waals surface area (Å²) in [6, 6.07) is 12.6. The molecule has 2 aromatic carbocycles. The highest BCUT2D eigenvalue weighted by Crippen LogP contribution is 2.27. The van der Waals surface area contributed by atoms with Gasteiger partial charge >= 0.3 is 0 Å². The van der Waals surface area contributed by atoms with Gasteiger partial charge < -0.3 is 15.6 Å². The Bertz CT molecular complexity index is 1020. The highest BCUT2D eigenvalue weighted by atomic mass is 32.2. The highest BCUT2D eigenvalue weighted by molar-refractivity contribution is 8.00. The van der Waals surface area contributed by atoms with Gasteiger partial charge in [0.1, 0.15) is 5.82 Å². The molecule has 7 nitrogen and oxygen atoms in total. The molecule has 0 aliphatic rings. The van der Waals surface area contributed by atoms with Crippen molar-refractivity contribution in [3.63, 3.8) is 0 Å². The maximum absolute atomic E-state index is 14.0. The summed E-state index contributed by atoms with van der Waals surface area (Å²) in [6.07, 6.45) is 0. The summed E-state index contributed by atoms with van der Waals surface area (Å²) < 4.78 is 15.6. The monoisotopic (exact) mass is 399 g/mol. The van der Waals surface area contributed by atoms with Gasteiger partial charge in [0.25, 0.3) is 0 Å². The third kappa shape index (κ3) is 4.20. The number of carbonyl (C=O) groups is 2. The van der Waals surface area contributed by atoms with Crippen molar-refractivity contribution in [2.45, 2.75) is 17.3 Å². The van der Waals surface area contributed by atoms with E-state index in [1.807, 2.05) is 0 Å². The molecule has 1 atom stereocenters. The first-order chi connectivity index (χ1) is 13.4. The second-order valence-corrected chi connectivity index (χ2v) is 7.34. The molecule has 0 saturated heterocycles. The Labute approximate surface area is 165 Å². The van der Waals surface area contributed by atoms with Crippen LogP contribution in [0.25, 0.3) is 11.4 Å². The predicted octanol–water partition coefficient (Wildman–Crippen LogP) is 2.84. The van der Waals surface area contributed by atoms with E-state index in [0.29, 0.717) is 27.8 Å². The molecule has 1 heterocycles. The van der Waals surface area contributed by atoms with E-state index >= 15 is 0 Å². The lowest BCUT2D eigenvalue weighted by molar-refractivity contribution is -0.115. The molecule has 9 heteroatoms. The normalized spacial score (nSPS) is 11.8. The van der Waals surface area contributed by atoms with E-state index in [1.54, 1.807) is 61.0 Å². The summed E-state index contributed by atoms with van der Waals surface area (Å²) in [5.41, 5.74) is 6.45. The molecule has 0 aliphatic heterocycles. The number of rotatable bonds is 6. The first-order valence-electron chi connectivity index (χ1n) is 8.38. The van der Waals surface area contributed by atoms with Crippen LogP contribution in [0.1, 0.15) is 17.3 Å². The highest BCUT2D eigenvalue weighted by Gasteiger charge is 2.20. The van der Waals surface area contributed by atoms with Crippen LogP contribution < -0.4 is 11.1 Å². The molecule has 2 amide bonds. The number of primary amides is 1. The summed E-state index contributed by atoms with van der Waals surface area (Å²) in [5, 5.41) is 10.9. The van der Waals surface area contributed by atoms with Crippen LogP contribution in [0, 0.1) is 5.82 Å². The number of benzene rings is 2. The number of nitrogens with zero attached hydrogens (tertiary/aromatic N) is 3. The predicted molar refractivity (Wildman–Crippen MR) is 105 cm³/mol. The average Bonchev–Trinajstić information content (AvgIpc) is 3.03. The Morgan fingerprint density at radius 3 is 2.46 bits per heavy atom. The van der Waals surface area contributed by atoms with Crippen LogP contribution in [-0.4, -0.2) is 31.8 Å². The fourth-order valence-corrected chi connectivity index (χ4v) is 3.28. The quantitative estimate of drug-likeness (QED) is 0.621. The fraction of sp³-hybridized carbons (Fsp3) is 0.158. The minimum absolute atomic E-state index is 0.243. The summed E-state index contributed by atoms with van der Waals surface area (Å²) in [4.78, 5) is 23.5. The molecular formula is C19H18FN5O2S. The van der Waals surface area contributed by atoms with E-state index in [2.05, 4.69) is 15.5 Å². The number of amides is 2. The molecule has 0 aliphatic carbocycles. The Kier molecular flexibility index (Phi) is 5.74. The zero-order chi connectivity index (χ0) is 20.3. The van der Waals surface area contributed by atoms with Gasteiger partial charge in [-0.25, -0.2) is 4.39 Å². The number of hydrogen-bond donors (Lipinski definition) is 2. The molecule has 1 unspecified atom stereocenters.